The molecule has 0 amide bonds. The van der Waals surface area contributed by atoms with Gasteiger partial charge in [0.05, 0.1) is 11.0 Å². The summed E-state index contributed by atoms with van der Waals surface area (Å²) in [5.74, 6) is 1.80. The minimum atomic E-state index is -0.201. The topological polar surface area (TPSA) is 17.8 Å². The highest BCUT2D eigenvalue weighted by atomic mass is 35.5. The number of hydrogen-bond acceptors (Lipinski definition) is 1. The summed E-state index contributed by atoms with van der Waals surface area (Å²) in [4.78, 5) is 4.59. The van der Waals surface area contributed by atoms with Crippen LogP contribution in [-0.2, 0) is 13.0 Å². The standard InChI is InChI=1S/C17H24ClFN2/c1-11(2)17(4,5)10-21-15-8-12(3)13(19)9-14(15)20-16(21)6-7-18/h8-9,11H,6-7,10H2,1-5H3. The zero-order valence-electron chi connectivity index (χ0n) is 13.5. The largest absolute Gasteiger partial charge is 0.327 e. The Hall–Kier alpha value is -1.09. The van der Waals surface area contributed by atoms with E-state index in [4.69, 9.17) is 11.6 Å². The molecule has 1 heterocycles. The van der Waals surface area contributed by atoms with Gasteiger partial charge in [0.15, 0.2) is 0 Å². The third-order valence-corrected chi connectivity index (χ3v) is 4.74. The Labute approximate surface area is 131 Å². The van der Waals surface area contributed by atoms with Gasteiger partial charge in [-0.25, -0.2) is 9.37 Å². The van der Waals surface area contributed by atoms with Crippen molar-refractivity contribution in [1.29, 1.82) is 0 Å². The smallest absolute Gasteiger partial charge is 0.128 e. The summed E-state index contributed by atoms with van der Waals surface area (Å²) in [6.07, 6.45) is 0.699. The monoisotopic (exact) mass is 310 g/mol. The van der Waals surface area contributed by atoms with Crippen LogP contribution in [0.25, 0.3) is 11.0 Å². The first-order chi connectivity index (χ1) is 9.76. The van der Waals surface area contributed by atoms with Crippen molar-refractivity contribution in [1.82, 2.24) is 9.55 Å². The average molecular weight is 311 g/mol. The first-order valence-electron chi connectivity index (χ1n) is 7.47. The molecule has 0 aliphatic rings. The quantitative estimate of drug-likeness (QED) is 0.715. The molecule has 0 saturated heterocycles. The van der Waals surface area contributed by atoms with Gasteiger partial charge < -0.3 is 4.57 Å². The molecule has 2 aromatic rings. The molecular weight excluding hydrogens is 287 g/mol. The Morgan fingerprint density at radius 3 is 2.57 bits per heavy atom. The average Bonchev–Trinajstić information content (AvgIpc) is 2.68. The lowest BCUT2D eigenvalue weighted by atomic mass is 9.81. The van der Waals surface area contributed by atoms with Crippen LogP contribution in [0.5, 0.6) is 0 Å². The number of rotatable bonds is 5. The molecule has 4 heteroatoms. The van der Waals surface area contributed by atoms with Gasteiger partial charge in [-0.2, -0.15) is 0 Å². The second-order valence-electron chi connectivity index (χ2n) is 6.79. The lowest BCUT2D eigenvalue weighted by Gasteiger charge is -2.30. The van der Waals surface area contributed by atoms with Crippen molar-refractivity contribution in [2.45, 2.75) is 47.6 Å². The minimum absolute atomic E-state index is 0.136. The second kappa shape index (κ2) is 5.96. The molecule has 2 nitrogen and oxygen atoms in total. The predicted molar refractivity (Wildman–Crippen MR) is 87.5 cm³/mol. The van der Waals surface area contributed by atoms with E-state index >= 15 is 0 Å². The SMILES string of the molecule is Cc1cc2c(cc1F)nc(CCCl)n2CC(C)(C)C(C)C. The summed E-state index contributed by atoms with van der Waals surface area (Å²) < 4.78 is 16.0. The van der Waals surface area contributed by atoms with Gasteiger partial charge >= 0.3 is 0 Å². The molecule has 0 spiro atoms. The van der Waals surface area contributed by atoms with Crippen LogP contribution in [0.2, 0.25) is 0 Å². The van der Waals surface area contributed by atoms with Crippen LogP contribution in [0.1, 0.15) is 39.1 Å². The minimum Gasteiger partial charge on any atom is -0.327 e. The maximum Gasteiger partial charge on any atom is 0.128 e. The van der Waals surface area contributed by atoms with E-state index in [0.717, 1.165) is 23.4 Å². The molecule has 0 aliphatic heterocycles. The molecule has 0 radical (unpaired) electrons. The molecule has 1 aromatic carbocycles. The summed E-state index contributed by atoms with van der Waals surface area (Å²) in [5.41, 5.74) is 2.51. The molecule has 0 bridgehead atoms. The van der Waals surface area contributed by atoms with E-state index in [2.05, 4.69) is 37.2 Å². The van der Waals surface area contributed by atoms with E-state index in [1.807, 2.05) is 6.07 Å². The Kier molecular flexibility index (Phi) is 4.62. The van der Waals surface area contributed by atoms with Gasteiger partial charge in [0.1, 0.15) is 11.6 Å². The van der Waals surface area contributed by atoms with Crippen molar-refractivity contribution >= 4 is 22.6 Å². The maximum absolute atomic E-state index is 13.8. The second-order valence-corrected chi connectivity index (χ2v) is 7.16. The Morgan fingerprint density at radius 1 is 1.33 bits per heavy atom. The number of aryl methyl sites for hydroxylation is 2. The Morgan fingerprint density at radius 2 is 2.00 bits per heavy atom. The fourth-order valence-electron chi connectivity index (χ4n) is 2.34. The number of nitrogens with zero attached hydrogens (tertiary/aromatic N) is 2. The van der Waals surface area contributed by atoms with E-state index in [1.54, 1.807) is 6.92 Å². The van der Waals surface area contributed by atoms with Gasteiger partial charge in [0.2, 0.25) is 0 Å². The number of aromatic nitrogens is 2. The molecule has 0 N–H and O–H groups in total. The molecule has 2 rings (SSSR count). The molecule has 116 valence electrons. The highest BCUT2D eigenvalue weighted by Crippen LogP contribution is 2.31. The first kappa shape index (κ1) is 16.3. The van der Waals surface area contributed by atoms with E-state index in [1.165, 1.54) is 6.07 Å². The van der Waals surface area contributed by atoms with Crippen molar-refractivity contribution < 1.29 is 4.39 Å². The number of halogens is 2. The Bertz CT molecular complexity index is 644. The van der Waals surface area contributed by atoms with Crippen LogP contribution in [-0.4, -0.2) is 15.4 Å². The van der Waals surface area contributed by atoms with Crippen LogP contribution in [0.4, 0.5) is 4.39 Å². The van der Waals surface area contributed by atoms with Crippen molar-refractivity contribution in [3.63, 3.8) is 0 Å². The molecule has 21 heavy (non-hydrogen) atoms. The van der Waals surface area contributed by atoms with Crippen LogP contribution < -0.4 is 0 Å². The summed E-state index contributed by atoms with van der Waals surface area (Å²) >= 11 is 5.90. The summed E-state index contributed by atoms with van der Waals surface area (Å²) in [7, 11) is 0. The van der Waals surface area contributed by atoms with E-state index in [9.17, 15) is 4.39 Å². The van der Waals surface area contributed by atoms with Crippen LogP contribution >= 0.6 is 11.6 Å². The summed E-state index contributed by atoms with van der Waals surface area (Å²) in [5, 5.41) is 0. The number of imidazole rings is 1. The number of hydrogen-bond donors (Lipinski definition) is 0. The van der Waals surface area contributed by atoms with Crippen LogP contribution in [0.3, 0.4) is 0 Å². The van der Waals surface area contributed by atoms with Crippen molar-refractivity contribution in [3.05, 3.63) is 29.3 Å². The van der Waals surface area contributed by atoms with Gasteiger partial charge in [-0.15, -0.1) is 11.6 Å². The van der Waals surface area contributed by atoms with Gasteiger partial charge in [-0.05, 0) is 29.9 Å². The van der Waals surface area contributed by atoms with Crippen molar-refractivity contribution in [2.24, 2.45) is 11.3 Å². The third-order valence-electron chi connectivity index (χ3n) is 4.55. The first-order valence-corrected chi connectivity index (χ1v) is 8.01. The third kappa shape index (κ3) is 3.23. The van der Waals surface area contributed by atoms with E-state index < -0.39 is 0 Å². The highest BCUT2D eigenvalue weighted by Gasteiger charge is 2.25. The summed E-state index contributed by atoms with van der Waals surface area (Å²) in [6.45, 7) is 11.6. The van der Waals surface area contributed by atoms with Gasteiger partial charge in [0.25, 0.3) is 0 Å². The molecule has 0 saturated carbocycles. The van der Waals surface area contributed by atoms with Gasteiger partial charge in [-0.3, -0.25) is 0 Å². The van der Waals surface area contributed by atoms with Crippen LogP contribution in [0.15, 0.2) is 12.1 Å². The Balaban J connectivity index is 2.58. The number of benzene rings is 1. The lowest BCUT2D eigenvalue weighted by Crippen LogP contribution is -2.26. The number of alkyl halides is 1. The molecule has 0 atom stereocenters. The van der Waals surface area contributed by atoms with Crippen LogP contribution in [0, 0.1) is 24.1 Å². The molecule has 0 fully saturated rings. The van der Waals surface area contributed by atoms with E-state index in [-0.39, 0.29) is 11.2 Å². The van der Waals surface area contributed by atoms with Gasteiger partial charge in [-0.1, -0.05) is 27.7 Å². The van der Waals surface area contributed by atoms with Gasteiger partial charge in [0, 0.05) is 24.9 Å². The normalized spacial score (nSPS) is 12.6. The highest BCUT2D eigenvalue weighted by molar-refractivity contribution is 6.17. The van der Waals surface area contributed by atoms with Crippen molar-refractivity contribution in [2.75, 3.05) is 5.88 Å². The lowest BCUT2D eigenvalue weighted by molar-refractivity contribution is 0.210. The zero-order valence-corrected chi connectivity index (χ0v) is 14.3. The summed E-state index contributed by atoms with van der Waals surface area (Å²) in [6, 6.07) is 3.42. The zero-order chi connectivity index (χ0) is 15.8. The number of fused-ring (bicyclic) bond motifs is 1. The van der Waals surface area contributed by atoms with Crippen molar-refractivity contribution in [3.8, 4) is 0 Å². The molecule has 1 aromatic heterocycles. The fourth-order valence-corrected chi connectivity index (χ4v) is 2.51. The van der Waals surface area contributed by atoms with E-state index in [0.29, 0.717) is 23.8 Å². The predicted octanol–water partition coefficient (Wildman–Crippen LogP) is 4.95. The molecular formula is C17H24ClFN2. The maximum atomic E-state index is 13.8. The molecule has 0 unspecified atom stereocenters. The molecule has 0 aliphatic carbocycles. The fraction of sp³-hybridized carbons (Fsp3) is 0.588.